The van der Waals surface area contributed by atoms with Crippen LogP contribution in [0.15, 0.2) is 11.4 Å². The molecule has 0 aromatic carbocycles. The molecule has 0 bridgehead atoms. The molecule has 1 rings (SSSR count). The van der Waals surface area contributed by atoms with Gasteiger partial charge in [-0.15, -0.1) is 5.53 Å². The number of rotatable bonds is 5. The molecule has 0 unspecified atom stereocenters. The largest absolute Gasteiger partial charge is 0.396 e. The normalized spacial score (nSPS) is 19.0. The summed E-state index contributed by atoms with van der Waals surface area (Å²) in [4.78, 5) is 0. The number of hydrogen-bond acceptors (Lipinski definition) is 4. The number of hydrazine groups is 2. The first kappa shape index (κ1) is 13.2. The predicted octanol–water partition coefficient (Wildman–Crippen LogP) is 1.22. The average Bonchev–Trinajstić information content (AvgIpc) is 2.47. The maximum atomic E-state index is 13.9. The SMILES string of the molecule is CC1=C(C(F)(F)C[C@@H](C)CCO)NNN1C. The zero-order chi connectivity index (χ0) is 12.3. The van der Waals surface area contributed by atoms with Crippen molar-refractivity contribution in [2.45, 2.75) is 32.6 Å². The Morgan fingerprint density at radius 2 is 2.12 bits per heavy atom. The van der Waals surface area contributed by atoms with E-state index in [2.05, 4.69) is 11.0 Å². The van der Waals surface area contributed by atoms with E-state index in [4.69, 9.17) is 5.11 Å². The molecule has 0 aliphatic carbocycles. The van der Waals surface area contributed by atoms with E-state index in [9.17, 15) is 8.78 Å². The predicted molar refractivity (Wildman–Crippen MR) is 57.2 cm³/mol. The molecule has 0 saturated carbocycles. The molecule has 16 heavy (non-hydrogen) atoms. The van der Waals surface area contributed by atoms with E-state index < -0.39 is 5.92 Å². The topological polar surface area (TPSA) is 47.5 Å². The minimum atomic E-state index is -2.89. The second-order valence-corrected chi connectivity index (χ2v) is 4.28. The molecule has 1 aliphatic heterocycles. The summed E-state index contributed by atoms with van der Waals surface area (Å²) in [6.45, 7) is 3.29. The number of alkyl halides is 2. The van der Waals surface area contributed by atoms with Gasteiger partial charge in [0.1, 0.15) is 5.70 Å². The third kappa shape index (κ3) is 2.82. The molecule has 0 spiro atoms. The summed E-state index contributed by atoms with van der Waals surface area (Å²) in [5.74, 6) is -3.11. The van der Waals surface area contributed by atoms with Crippen LogP contribution in [0.25, 0.3) is 0 Å². The molecular weight excluding hydrogens is 216 g/mol. The zero-order valence-electron chi connectivity index (χ0n) is 9.85. The molecule has 0 saturated heterocycles. The van der Waals surface area contributed by atoms with Crippen molar-refractivity contribution < 1.29 is 13.9 Å². The smallest absolute Gasteiger partial charge is 0.290 e. The first-order valence-electron chi connectivity index (χ1n) is 5.34. The van der Waals surface area contributed by atoms with Crippen LogP contribution >= 0.6 is 0 Å². The van der Waals surface area contributed by atoms with Crippen molar-refractivity contribution in [1.82, 2.24) is 16.0 Å². The highest BCUT2D eigenvalue weighted by Gasteiger charge is 2.40. The molecule has 0 radical (unpaired) electrons. The van der Waals surface area contributed by atoms with Crippen molar-refractivity contribution >= 4 is 0 Å². The maximum Gasteiger partial charge on any atom is 0.290 e. The van der Waals surface area contributed by atoms with Gasteiger partial charge in [0.05, 0.1) is 5.70 Å². The van der Waals surface area contributed by atoms with Crippen molar-refractivity contribution in [3.63, 3.8) is 0 Å². The van der Waals surface area contributed by atoms with Crippen LogP contribution in [-0.4, -0.2) is 29.7 Å². The highest BCUT2D eigenvalue weighted by atomic mass is 19.3. The fourth-order valence-electron chi connectivity index (χ4n) is 1.70. The Balaban J connectivity index is 2.70. The molecule has 0 aromatic heterocycles. The van der Waals surface area contributed by atoms with Crippen LogP contribution in [0.1, 0.15) is 26.7 Å². The zero-order valence-corrected chi connectivity index (χ0v) is 9.85. The van der Waals surface area contributed by atoms with E-state index >= 15 is 0 Å². The van der Waals surface area contributed by atoms with E-state index in [1.165, 1.54) is 5.01 Å². The minimum Gasteiger partial charge on any atom is -0.396 e. The number of nitrogens with one attached hydrogen (secondary N) is 2. The van der Waals surface area contributed by atoms with Crippen LogP contribution < -0.4 is 11.0 Å². The van der Waals surface area contributed by atoms with Gasteiger partial charge < -0.3 is 10.5 Å². The van der Waals surface area contributed by atoms with Gasteiger partial charge in [0.25, 0.3) is 5.92 Å². The van der Waals surface area contributed by atoms with Gasteiger partial charge in [0, 0.05) is 20.1 Å². The fraction of sp³-hybridized carbons (Fsp3) is 0.800. The van der Waals surface area contributed by atoms with Gasteiger partial charge >= 0.3 is 0 Å². The van der Waals surface area contributed by atoms with E-state index in [0.29, 0.717) is 12.1 Å². The van der Waals surface area contributed by atoms with Gasteiger partial charge in [-0.3, -0.25) is 5.01 Å². The van der Waals surface area contributed by atoms with Crippen molar-refractivity contribution in [2.24, 2.45) is 5.92 Å². The van der Waals surface area contributed by atoms with Gasteiger partial charge in [0.15, 0.2) is 0 Å². The first-order valence-corrected chi connectivity index (χ1v) is 5.34. The van der Waals surface area contributed by atoms with Crippen LogP contribution in [0.2, 0.25) is 0 Å². The van der Waals surface area contributed by atoms with Gasteiger partial charge in [-0.25, -0.2) is 0 Å². The number of aliphatic hydroxyl groups excluding tert-OH is 1. The molecule has 6 heteroatoms. The lowest BCUT2D eigenvalue weighted by Crippen LogP contribution is -2.38. The highest BCUT2D eigenvalue weighted by Crippen LogP contribution is 2.34. The molecule has 3 N–H and O–H groups in total. The Morgan fingerprint density at radius 1 is 1.50 bits per heavy atom. The Labute approximate surface area is 94.3 Å². The lowest BCUT2D eigenvalue weighted by Gasteiger charge is -2.21. The van der Waals surface area contributed by atoms with Crippen LogP contribution in [0.3, 0.4) is 0 Å². The molecule has 1 heterocycles. The number of hydrogen-bond donors (Lipinski definition) is 3. The quantitative estimate of drug-likeness (QED) is 0.670. The Morgan fingerprint density at radius 3 is 2.56 bits per heavy atom. The second kappa shape index (κ2) is 4.97. The van der Waals surface area contributed by atoms with E-state index in [-0.39, 0.29) is 24.6 Å². The summed E-state index contributed by atoms with van der Waals surface area (Å²) >= 11 is 0. The van der Waals surface area contributed by atoms with Crippen molar-refractivity contribution in [2.75, 3.05) is 13.7 Å². The van der Waals surface area contributed by atoms with Gasteiger partial charge in [-0.05, 0) is 19.3 Å². The lowest BCUT2D eigenvalue weighted by atomic mass is 9.97. The lowest BCUT2D eigenvalue weighted by molar-refractivity contribution is 0.00726. The summed E-state index contributed by atoms with van der Waals surface area (Å²) in [6, 6.07) is 0. The van der Waals surface area contributed by atoms with Crippen LogP contribution in [0.4, 0.5) is 8.78 Å². The summed E-state index contributed by atoms with van der Waals surface area (Å²) in [5.41, 5.74) is 5.50. The van der Waals surface area contributed by atoms with Crippen LogP contribution in [-0.2, 0) is 0 Å². The Kier molecular flexibility index (Phi) is 4.09. The van der Waals surface area contributed by atoms with E-state index in [1.807, 2.05) is 0 Å². The van der Waals surface area contributed by atoms with Gasteiger partial charge in [-0.2, -0.15) is 8.78 Å². The molecule has 0 amide bonds. The summed E-state index contributed by atoms with van der Waals surface area (Å²) in [6.07, 6.45) is 0.133. The van der Waals surface area contributed by atoms with Crippen molar-refractivity contribution in [3.05, 3.63) is 11.4 Å². The fourth-order valence-corrected chi connectivity index (χ4v) is 1.70. The molecule has 94 valence electrons. The number of halogens is 2. The number of aliphatic hydroxyl groups is 1. The molecule has 0 fully saturated rings. The molecule has 1 aliphatic rings. The highest BCUT2D eigenvalue weighted by molar-refractivity contribution is 5.19. The summed E-state index contributed by atoms with van der Waals surface area (Å²) in [7, 11) is 1.67. The van der Waals surface area contributed by atoms with Crippen LogP contribution in [0.5, 0.6) is 0 Å². The average molecular weight is 235 g/mol. The third-order valence-electron chi connectivity index (χ3n) is 2.81. The number of nitrogens with zero attached hydrogens (tertiary/aromatic N) is 1. The molecular formula is C10H19F2N3O. The van der Waals surface area contributed by atoms with Gasteiger partial charge in [0.2, 0.25) is 0 Å². The molecule has 4 nitrogen and oxygen atoms in total. The second-order valence-electron chi connectivity index (χ2n) is 4.28. The van der Waals surface area contributed by atoms with Gasteiger partial charge in [-0.1, -0.05) is 6.92 Å². The Hall–Kier alpha value is -0.880. The van der Waals surface area contributed by atoms with Crippen LogP contribution in [0, 0.1) is 5.92 Å². The minimum absolute atomic E-state index is 0.0547. The van der Waals surface area contributed by atoms with E-state index in [1.54, 1.807) is 20.9 Å². The molecule has 1 atom stereocenters. The summed E-state index contributed by atoms with van der Waals surface area (Å²) < 4.78 is 27.7. The number of allylic oxidation sites excluding steroid dienone is 2. The maximum absolute atomic E-state index is 13.9. The third-order valence-corrected chi connectivity index (χ3v) is 2.81. The molecule has 0 aromatic rings. The Bertz CT molecular complexity index is 281. The monoisotopic (exact) mass is 235 g/mol. The van der Waals surface area contributed by atoms with E-state index in [0.717, 1.165) is 0 Å². The first-order chi connectivity index (χ1) is 7.38. The summed E-state index contributed by atoms with van der Waals surface area (Å²) in [5, 5.41) is 10.2. The van der Waals surface area contributed by atoms with Crippen molar-refractivity contribution in [1.29, 1.82) is 0 Å². The van der Waals surface area contributed by atoms with Crippen molar-refractivity contribution in [3.8, 4) is 0 Å². The standard InChI is InChI=1S/C10H19F2N3O/c1-7(4-5-16)6-10(11,12)9-8(2)15(3)14-13-9/h7,13-14,16H,4-6H2,1-3H3/t7-/m0/s1.